The van der Waals surface area contributed by atoms with E-state index in [0.717, 1.165) is 26.1 Å². The van der Waals surface area contributed by atoms with Gasteiger partial charge in [-0.3, -0.25) is 0 Å². The molecule has 68 valence electrons. The van der Waals surface area contributed by atoms with Crippen molar-refractivity contribution in [1.29, 1.82) is 5.00 Å². The van der Waals surface area contributed by atoms with Crippen LogP contribution in [0.4, 0.5) is 0 Å². The highest BCUT2D eigenvalue weighted by molar-refractivity contribution is 7.93. The molecule has 0 aliphatic heterocycles. The van der Waals surface area contributed by atoms with Gasteiger partial charge in [-0.2, -0.15) is 0 Å². The van der Waals surface area contributed by atoms with E-state index in [0.29, 0.717) is 0 Å². The van der Waals surface area contributed by atoms with Crippen molar-refractivity contribution in [3.8, 4) is 0 Å². The molecule has 0 heterocycles. The highest BCUT2D eigenvalue weighted by atomic mass is 35.9. The largest absolute Gasteiger partial charge is 0.381 e. The summed E-state index contributed by atoms with van der Waals surface area (Å²) in [6, 6.07) is 0. The van der Waals surface area contributed by atoms with E-state index in [4.69, 9.17) is 9.74 Å². The molecule has 0 bridgehead atoms. The van der Waals surface area contributed by atoms with Gasteiger partial charge in [-0.1, -0.05) is 13.8 Å². The van der Waals surface area contributed by atoms with Crippen LogP contribution in [0.1, 0.15) is 26.7 Å². The monoisotopic (exact) mass is 217 g/mol. The van der Waals surface area contributed by atoms with Crippen LogP contribution in [-0.4, -0.2) is 13.2 Å². The van der Waals surface area contributed by atoms with Gasteiger partial charge in [-0.25, -0.2) is 5.00 Å². The van der Waals surface area contributed by atoms with Gasteiger partial charge in [-0.05, 0) is 35.3 Å². The number of nitrogens with zero attached hydrogens (tertiary/aromatic N) is 1. The first-order valence-corrected chi connectivity index (χ1v) is 6.63. The van der Waals surface area contributed by atoms with Crippen molar-refractivity contribution in [2.45, 2.75) is 26.7 Å². The van der Waals surface area contributed by atoms with Crippen molar-refractivity contribution >= 4 is 28.7 Å². The van der Waals surface area contributed by atoms with Gasteiger partial charge < -0.3 is 4.74 Å². The number of halogens is 2. The molecule has 0 saturated heterocycles. The van der Waals surface area contributed by atoms with Crippen molar-refractivity contribution in [2.24, 2.45) is 0 Å². The van der Waals surface area contributed by atoms with E-state index >= 15 is 0 Å². The first-order valence-electron chi connectivity index (χ1n) is 3.53. The minimum atomic E-state index is -1.68. The zero-order valence-electron chi connectivity index (χ0n) is 6.89. The Bertz CT molecular complexity index is 113. The summed E-state index contributed by atoms with van der Waals surface area (Å²) in [7, 11) is 0. The lowest BCUT2D eigenvalue weighted by molar-refractivity contribution is 0.135. The molecule has 0 amide bonds. The summed E-state index contributed by atoms with van der Waals surface area (Å²) >= 11 is 9.32. The zero-order chi connectivity index (χ0) is 9.11. The van der Waals surface area contributed by atoms with Crippen LogP contribution in [0.15, 0.2) is 0 Å². The van der Waals surface area contributed by atoms with Gasteiger partial charge >= 0.3 is 0 Å². The number of hydrogen-bond donors (Lipinski definition) is 0. The number of ether oxygens (including phenoxy) is 1. The van der Waals surface area contributed by atoms with Crippen molar-refractivity contribution in [2.75, 3.05) is 13.2 Å². The molecule has 2 nitrogen and oxygen atoms in total. The van der Waals surface area contributed by atoms with Crippen LogP contribution in [0.25, 0.3) is 0 Å². The minimum Gasteiger partial charge on any atom is -0.381 e. The Morgan fingerprint density at radius 3 is 1.64 bits per heavy atom. The summed E-state index contributed by atoms with van der Waals surface area (Å²) < 4.78 is 5.13. The van der Waals surface area contributed by atoms with Crippen molar-refractivity contribution in [3.63, 3.8) is 0 Å². The molecular formula is C6H14Cl2NOP. The number of hydrogen-bond acceptors (Lipinski definition) is 2. The Morgan fingerprint density at radius 2 is 1.45 bits per heavy atom. The molecule has 0 atom stereocenters. The summed E-state index contributed by atoms with van der Waals surface area (Å²) in [6.07, 6.45) is 0.602. The number of rotatable bonds is 4. The van der Waals surface area contributed by atoms with Crippen molar-refractivity contribution in [1.82, 2.24) is 0 Å². The van der Waals surface area contributed by atoms with Gasteiger partial charge in [0, 0.05) is 13.2 Å². The second kappa shape index (κ2) is 13.2. The second-order valence-electron chi connectivity index (χ2n) is 1.83. The third kappa shape index (κ3) is 37.3. The highest BCUT2D eigenvalue weighted by Crippen LogP contribution is 2.27. The zero-order valence-corrected chi connectivity index (χ0v) is 9.29. The summed E-state index contributed by atoms with van der Waals surface area (Å²) in [6.45, 7) is 6.09. The lowest BCUT2D eigenvalue weighted by Gasteiger charge is -1.95. The summed E-state index contributed by atoms with van der Waals surface area (Å²) in [4.78, 5) is 0. The van der Waals surface area contributed by atoms with Gasteiger partial charge in [0.1, 0.15) is 0 Å². The van der Waals surface area contributed by atoms with Crippen LogP contribution in [0, 0.1) is 5.00 Å². The first kappa shape index (κ1) is 14.1. The van der Waals surface area contributed by atoms with Crippen molar-refractivity contribution in [3.05, 3.63) is 0 Å². The maximum absolute atomic E-state index is 7.65. The second-order valence-corrected chi connectivity index (χ2v) is 4.70. The predicted octanol–water partition coefficient (Wildman–Crippen LogP) is 4.08. The third-order valence-electron chi connectivity index (χ3n) is 0.697. The Kier molecular flexibility index (Phi) is 16.9. The molecular weight excluding hydrogens is 204 g/mol. The van der Waals surface area contributed by atoms with Crippen LogP contribution in [0.3, 0.4) is 0 Å². The van der Waals surface area contributed by atoms with Crippen LogP contribution in [0.2, 0.25) is 0 Å². The standard InChI is InChI=1S/C6H14O.Cl2NP/c1-3-5-7-6-4-2;1-4(2)3/h3-6H2,1-2H3;. The minimum absolute atomic E-state index is 0.924. The molecule has 0 radical (unpaired) electrons. The van der Waals surface area contributed by atoms with E-state index in [1.807, 2.05) is 0 Å². The Balaban J connectivity index is 0. The molecule has 0 aromatic carbocycles. The Labute approximate surface area is 78.8 Å². The molecule has 0 aliphatic rings. The van der Waals surface area contributed by atoms with Crippen LogP contribution in [-0.2, 0) is 4.74 Å². The lowest BCUT2D eigenvalue weighted by atomic mass is 10.5. The van der Waals surface area contributed by atoms with Crippen LogP contribution < -0.4 is 0 Å². The smallest absolute Gasteiger partial charge is 0.237 e. The Hall–Kier alpha value is 0.550. The van der Waals surface area contributed by atoms with Gasteiger partial charge in [0.25, 0.3) is 0 Å². The molecule has 0 N–H and O–H groups in total. The molecule has 0 unspecified atom stereocenters. The fourth-order valence-electron chi connectivity index (χ4n) is 0.391. The quantitative estimate of drug-likeness (QED) is 0.526. The molecule has 5 heteroatoms. The van der Waals surface area contributed by atoms with Crippen LogP contribution >= 0.6 is 28.7 Å². The van der Waals surface area contributed by atoms with Gasteiger partial charge in [0.2, 0.25) is 6.26 Å². The molecule has 0 saturated carbocycles. The van der Waals surface area contributed by atoms with Crippen LogP contribution in [0.5, 0.6) is 0 Å². The third-order valence-corrected chi connectivity index (χ3v) is 0.697. The average Bonchev–Trinajstić information content (AvgIpc) is 1.88. The maximum Gasteiger partial charge on any atom is 0.237 e. The van der Waals surface area contributed by atoms with Gasteiger partial charge in [-0.15, -0.1) is 0 Å². The van der Waals surface area contributed by atoms with E-state index in [1.165, 1.54) is 0 Å². The molecule has 0 aromatic rings. The summed E-state index contributed by atoms with van der Waals surface area (Å²) in [5.74, 6) is 0. The molecule has 11 heavy (non-hydrogen) atoms. The topological polar surface area (TPSA) is 33.0 Å². The van der Waals surface area contributed by atoms with Gasteiger partial charge in [0.05, 0.1) is 0 Å². The molecule has 0 aromatic heterocycles. The average molecular weight is 218 g/mol. The summed E-state index contributed by atoms with van der Waals surface area (Å²) in [5.41, 5.74) is 0. The molecule has 0 rings (SSSR count). The predicted molar refractivity (Wildman–Crippen MR) is 51.8 cm³/mol. The Morgan fingerprint density at radius 1 is 1.18 bits per heavy atom. The molecule has 0 aliphatic carbocycles. The van der Waals surface area contributed by atoms with E-state index in [1.54, 1.807) is 0 Å². The first-order chi connectivity index (χ1) is 5.15. The van der Waals surface area contributed by atoms with E-state index < -0.39 is 6.26 Å². The normalized spacial score (nSPS) is 8.27. The lowest BCUT2D eigenvalue weighted by Crippen LogP contribution is -1.92. The van der Waals surface area contributed by atoms with Gasteiger partial charge in [0.15, 0.2) is 0 Å². The van der Waals surface area contributed by atoms with E-state index in [2.05, 4.69) is 36.3 Å². The van der Waals surface area contributed by atoms with E-state index in [9.17, 15) is 0 Å². The summed E-state index contributed by atoms with van der Waals surface area (Å²) in [5, 5.41) is 7.65. The molecule has 0 fully saturated rings. The fourth-order valence-corrected chi connectivity index (χ4v) is 0.391. The molecule has 0 spiro atoms. The SMILES string of the molecule is CCCOCCC.N#P(Cl)Cl. The van der Waals surface area contributed by atoms with E-state index in [-0.39, 0.29) is 0 Å². The van der Waals surface area contributed by atoms with Crippen molar-refractivity contribution < 1.29 is 4.74 Å². The fraction of sp³-hybridized carbons (Fsp3) is 1.00. The maximum atomic E-state index is 7.65. The highest BCUT2D eigenvalue weighted by Gasteiger charge is 1.77.